The minimum absolute atomic E-state index is 0.271. The number of ether oxygens (including phenoxy) is 1. The van der Waals surface area contributed by atoms with E-state index in [2.05, 4.69) is 4.74 Å². The highest BCUT2D eigenvalue weighted by atomic mass is 16.5. The number of aliphatic hydroxyl groups is 1. The van der Waals surface area contributed by atoms with Crippen LogP contribution in [0.5, 0.6) is 0 Å². The Kier molecular flexibility index (Phi) is 2.93. The maximum atomic E-state index is 11.3. The van der Waals surface area contributed by atoms with Gasteiger partial charge in [0, 0.05) is 6.42 Å². The van der Waals surface area contributed by atoms with Gasteiger partial charge in [-0.15, -0.1) is 0 Å². The van der Waals surface area contributed by atoms with Gasteiger partial charge in [-0.1, -0.05) is 6.92 Å². The first-order valence-corrected chi connectivity index (χ1v) is 4.53. The summed E-state index contributed by atoms with van der Waals surface area (Å²) in [5, 5.41) is 9.47. The van der Waals surface area contributed by atoms with Crippen molar-refractivity contribution in [2.24, 2.45) is 11.7 Å². The van der Waals surface area contributed by atoms with Crippen molar-refractivity contribution in [1.82, 2.24) is 0 Å². The number of carbonyl (C=O) groups excluding carboxylic acids is 1. The Balaban J connectivity index is 2.71. The Morgan fingerprint density at radius 1 is 1.62 bits per heavy atom. The third-order valence-corrected chi connectivity index (χ3v) is 2.58. The molecular weight excluding hydrogens is 170 g/mol. The molecule has 1 aliphatic rings. The average Bonchev–Trinajstić information content (AvgIpc) is 2.00. The molecule has 1 rings (SSSR count). The predicted octanol–water partition coefficient (Wildman–Crippen LogP) is 0.0378. The number of carbonyl (C=O) groups is 1. The number of rotatable bonds is 1. The molecule has 13 heavy (non-hydrogen) atoms. The van der Waals surface area contributed by atoms with Gasteiger partial charge in [-0.2, -0.15) is 0 Å². The third kappa shape index (κ3) is 2.19. The zero-order chi connectivity index (χ0) is 10.1. The SMILES string of the molecule is COC(=O)[C@]1(N)C[C@@H](C)C[C@@H](O)C1. The summed E-state index contributed by atoms with van der Waals surface area (Å²) < 4.78 is 4.61. The number of aliphatic hydroxyl groups excluding tert-OH is 1. The van der Waals surface area contributed by atoms with Crippen molar-refractivity contribution in [2.45, 2.75) is 37.8 Å². The van der Waals surface area contributed by atoms with Crippen LogP contribution in [-0.4, -0.2) is 29.8 Å². The summed E-state index contributed by atoms with van der Waals surface area (Å²) in [4.78, 5) is 11.3. The zero-order valence-electron chi connectivity index (χ0n) is 8.12. The number of nitrogens with two attached hydrogens (primary N) is 1. The molecule has 0 aromatic rings. The fourth-order valence-corrected chi connectivity index (χ4v) is 2.13. The van der Waals surface area contributed by atoms with E-state index in [1.165, 1.54) is 7.11 Å². The fourth-order valence-electron chi connectivity index (χ4n) is 2.13. The maximum absolute atomic E-state index is 11.3. The van der Waals surface area contributed by atoms with Gasteiger partial charge >= 0.3 is 5.97 Å². The van der Waals surface area contributed by atoms with Crippen LogP contribution in [0.3, 0.4) is 0 Å². The van der Waals surface area contributed by atoms with Crippen LogP contribution in [-0.2, 0) is 9.53 Å². The lowest BCUT2D eigenvalue weighted by Gasteiger charge is -2.36. The quantitative estimate of drug-likeness (QED) is 0.568. The highest BCUT2D eigenvalue weighted by molar-refractivity contribution is 5.80. The van der Waals surface area contributed by atoms with Crippen LogP contribution in [0.15, 0.2) is 0 Å². The largest absolute Gasteiger partial charge is 0.468 e. The van der Waals surface area contributed by atoms with E-state index in [1.54, 1.807) is 0 Å². The van der Waals surface area contributed by atoms with E-state index in [0.29, 0.717) is 12.8 Å². The number of methoxy groups -OCH3 is 1. The summed E-state index contributed by atoms with van der Waals surface area (Å²) >= 11 is 0. The van der Waals surface area contributed by atoms with E-state index in [1.807, 2.05) is 6.92 Å². The van der Waals surface area contributed by atoms with Crippen molar-refractivity contribution in [2.75, 3.05) is 7.11 Å². The predicted molar refractivity (Wildman–Crippen MR) is 48.0 cm³/mol. The lowest BCUT2D eigenvalue weighted by Crippen LogP contribution is -2.54. The Morgan fingerprint density at radius 2 is 2.23 bits per heavy atom. The smallest absolute Gasteiger partial charge is 0.325 e. The van der Waals surface area contributed by atoms with Gasteiger partial charge in [0.15, 0.2) is 0 Å². The van der Waals surface area contributed by atoms with Gasteiger partial charge in [0.2, 0.25) is 0 Å². The molecule has 0 aromatic heterocycles. The van der Waals surface area contributed by atoms with Crippen LogP contribution in [0.4, 0.5) is 0 Å². The summed E-state index contributed by atoms with van der Waals surface area (Å²) in [5.41, 5.74) is 4.88. The van der Waals surface area contributed by atoms with Crippen LogP contribution >= 0.6 is 0 Å². The van der Waals surface area contributed by atoms with Crippen molar-refractivity contribution in [3.05, 3.63) is 0 Å². The second kappa shape index (κ2) is 3.64. The van der Waals surface area contributed by atoms with E-state index in [-0.39, 0.29) is 5.92 Å². The molecule has 0 aliphatic heterocycles. The molecular formula is C9H17NO3. The minimum Gasteiger partial charge on any atom is -0.468 e. The van der Waals surface area contributed by atoms with Gasteiger partial charge < -0.3 is 15.6 Å². The van der Waals surface area contributed by atoms with E-state index in [0.717, 1.165) is 6.42 Å². The summed E-state index contributed by atoms with van der Waals surface area (Å²) in [6, 6.07) is 0. The topological polar surface area (TPSA) is 72.5 Å². The molecule has 0 radical (unpaired) electrons. The first-order chi connectivity index (χ1) is 5.98. The van der Waals surface area contributed by atoms with Crippen molar-refractivity contribution in [3.63, 3.8) is 0 Å². The molecule has 3 atom stereocenters. The second-order valence-corrected chi connectivity index (χ2v) is 4.05. The summed E-state index contributed by atoms with van der Waals surface area (Å²) in [5.74, 6) is -0.147. The third-order valence-electron chi connectivity index (χ3n) is 2.58. The van der Waals surface area contributed by atoms with Crippen molar-refractivity contribution >= 4 is 5.97 Å². The van der Waals surface area contributed by atoms with Crippen LogP contribution in [0.1, 0.15) is 26.2 Å². The Bertz CT molecular complexity index is 195. The van der Waals surface area contributed by atoms with Gasteiger partial charge in [0.1, 0.15) is 5.54 Å². The summed E-state index contributed by atoms with van der Waals surface area (Å²) in [7, 11) is 1.32. The van der Waals surface area contributed by atoms with Gasteiger partial charge in [-0.05, 0) is 18.8 Å². The van der Waals surface area contributed by atoms with E-state index in [4.69, 9.17) is 5.73 Å². The van der Waals surface area contributed by atoms with Gasteiger partial charge in [-0.3, -0.25) is 4.79 Å². The standard InChI is InChI=1S/C9H17NO3/c1-6-3-7(11)5-9(10,4-6)8(12)13-2/h6-7,11H,3-5,10H2,1-2H3/t6-,7+,9-/m0/s1. The average molecular weight is 187 g/mol. The molecule has 1 saturated carbocycles. The van der Waals surface area contributed by atoms with Crippen LogP contribution in [0.25, 0.3) is 0 Å². The van der Waals surface area contributed by atoms with Crippen molar-refractivity contribution < 1.29 is 14.6 Å². The fraction of sp³-hybridized carbons (Fsp3) is 0.889. The summed E-state index contributed by atoms with van der Waals surface area (Å²) in [6.07, 6.45) is 1.14. The minimum atomic E-state index is -0.980. The molecule has 0 amide bonds. The molecule has 0 bridgehead atoms. The molecule has 0 saturated heterocycles. The molecule has 3 N–H and O–H groups in total. The second-order valence-electron chi connectivity index (χ2n) is 4.05. The first kappa shape index (κ1) is 10.5. The highest BCUT2D eigenvalue weighted by Crippen LogP contribution is 2.31. The van der Waals surface area contributed by atoms with E-state index in [9.17, 15) is 9.90 Å². The van der Waals surface area contributed by atoms with Gasteiger partial charge in [0.25, 0.3) is 0 Å². The Morgan fingerprint density at radius 3 is 2.69 bits per heavy atom. The monoisotopic (exact) mass is 187 g/mol. The van der Waals surface area contributed by atoms with Crippen molar-refractivity contribution in [3.8, 4) is 0 Å². The van der Waals surface area contributed by atoms with Crippen LogP contribution < -0.4 is 5.73 Å². The number of hydrogen-bond donors (Lipinski definition) is 2. The molecule has 4 heteroatoms. The van der Waals surface area contributed by atoms with E-state index >= 15 is 0 Å². The molecule has 1 aliphatic carbocycles. The van der Waals surface area contributed by atoms with E-state index < -0.39 is 17.6 Å². The zero-order valence-corrected chi connectivity index (χ0v) is 8.12. The maximum Gasteiger partial charge on any atom is 0.325 e. The highest BCUT2D eigenvalue weighted by Gasteiger charge is 2.42. The normalized spacial score (nSPS) is 40.0. The van der Waals surface area contributed by atoms with Gasteiger partial charge in [0.05, 0.1) is 13.2 Å². The summed E-state index contributed by atoms with van der Waals surface area (Å²) in [6.45, 7) is 1.98. The van der Waals surface area contributed by atoms with Crippen LogP contribution in [0, 0.1) is 5.92 Å². The molecule has 1 fully saturated rings. The molecule has 76 valence electrons. The first-order valence-electron chi connectivity index (χ1n) is 4.53. The molecule has 0 aromatic carbocycles. The Labute approximate surface area is 78.1 Å². The number of hydrogen-bond acceptors (Lipinski definition) is 4. The molecule has 4 nitrogen and oxygen atoms in total. The lowest BCUT2D eigenvalue weighted by atomic mass is 9.75. The Hall–Kier alpha value is -0.610. The molecule has 0 spiro atoms. The molecule has 0 unspecified atom stereocenters. The van der Waals surface area contributed by atoms with Crippen molar-refractivity contribution in [1.29, 1.82) is 0 Å². The lowest BCUT2D eigenvalue weighted by molar-refractivity contribution is -0.150. The number of esters is 1. The molecule has 0 heterocycles. The van der Waals surface area contributed by atoms with Gasteiger partial charge in [-0.25, -0.2) is 0 Å². The van der Waals surface area contributed by atoms with Crippen LogP contribution in [0.2, 0.25) is 0 Å².